The normalized spacial score (nSPS) is 21.4. The number of nitrogen functional groups attached to an aromatic ring is 1. The highest BCUT2D eigenvalue weighted by Crippen LogP contribution is 2.42. The molecule has 0 amide bonds. The van der Waals surface area contributed by atoms with E-state index in [-0.39, 0.29) is 37.1 Å². The van der Waals surface area contributed by atoms with E-state index in [0.29, 0.717) is 42.0 Å². The van der Waals surface area contributed by atoms with Crippen molar-refractivity contribution in [3.8, 4) is 5.75 Å². The van der Waals surface area contributed by atoms with E-state index in [9.17, 15) is 17.6 Å². The molecule has 1 fully saturated rings. The van der Waals surface area contributed by atoms with Crippen LogP contribution in [0.4, 0.5) is 27.6 Å². The van der Waals surface area contributed by atoms with Crippen LogP contribution in [0, 0.1) is 17.1 Å². The number of nitrogens with one attached hydrogen (secondary N) is 1. The van der Waals surface area contributed by atoms with Crippen molar-refractivity contribution >= 4 is 11.9 Å². The smallest absolute Gasteiger partial charge is 0.401 e. The maximum atomic E-state index is 15.3. The van der Waals surface area contributed by atoms with Crippen molar-refractivity contribution in [3.63, 3.8) is 0 Å². The summed E-state index contributed by atoms with van der Waals surface area (Å²) in [5, 5.41) is 7.73. The Morgan fingerprint density at radius 1 is 1.29 bits per heavy atom. The lowest BCUT2D eigenvalue weighted by Gasteiger charge is -2.42. The van der Waals surface area contributed by atoms with E-state index in [1.165, 1.54) is 17.2 Å². The Morgan fingerprint density at radius 2 is 2.03 bits per heavy atom. The van der Waals surface area contributed by atoms with Crippen molar-refractivity contribution in [1.29, 1.82) is 5.41 Å². The molecule has 1 aromatic carbocycles. The minimum atomic E-state index is -4.50. The molecule has 0 unspecified atom stereocenters. The van der Waals surface area contributed by atoms with Gasteiger partial charge in [0, 0.05) is 55.1 Å². The number of fused-ring (bicyclic) bond motifs is 1. The number of likely N-dealkylation sites (tertiary alicyclic amines) is 1. The first-order valence-electron chi connectivity index (χ1n) is 11.4. The van der Waals surface area contributed by atoms with Gasteiger partial charge in [-0.1, -0.05) is 6.07 Å². The summed E-state index contributed by atoms with van der Waals surface area (Å²) in [5.74, 6) is -0.565. The number of ether oxygens (including phenoxy) is 1. The Hall–Kier alpha value is -2.79. The zero-order chi connectivity index (χ0) is 25.3. The zero-order valence-corrected chi connectivity index (χ0v) is 19.3. The first-order valence-corrected chi connectivity index (χ1v) is 11.4. The molecule has 0 spiro atoms. The van der Waals surface area contributed by atoms with Gasteiger partial charge in [0.1, 0.15) is 18.2 Å². The summed E-state index contributed by atoms with van der Waals surface area (Å²) in [4.78, 5) is 7.39. The van der Waals surface area contributed by atoms with E-state index >= 15 is 4.39 Å². The maximum absolute atomic E-state index is 15.3. The number of hydrogen-bond acceptors (Lipinski definition) is 6. The van der Waals surface area contributed by atoms with Crippen LogP contribution < -0.4 is 10.5 Å². The molecule has 4 rings (SSSR count). The third kappa shape index (κ3) is 5.40. The minimum Gasteiger partial charge on any atom is -0.491 e. The van der Waals surface area contributed by atoms with Gasteiger partial charge in [-0.15, -0.1) is 0 Å². The Morgan fingerprint density at radius 3 is 2.66 bits per heavy atom. The summed E-state index contributed by atoms with van der Waals surface area (Å²) in [7, 11) is 0. The Bertz CT molecular complexity index is 1070. The van der Waals surface area contributed by atoms with Gasteiger partial charge in [0.2, 0.25) is 0 Å². The molecule has 2 aliphatic rings. The van der Waals surface area contributed by atoms with Crippen molar-refractivity contribution in [2.45, 2.75) is 31.6 Å². The molecular weight excluding hydrogens is 469 g/mol. The first kappa shape index (κ1) is 25.3. The lowest BCUT2D eigenvalue weighted by molar-refractivity contribution is -0.155. The van der Waals surface area contributed by atoms with Gasteiger partial charge in [-0.05, 0) is 30.5 Å². The maximum Gasteiger partial charge on any atom is 0.401 e. The topological polar surface area (TPSA) is 78.5 Å². The summed E-state index contributed by atoms with van der Waals surface area (Å²) >= 11 is 0. The second-order valence-electron chi connectivity index (χ2n) is 9.19. The summed E-state index contributed by atoms with van der Waals surface area (Å²) in [6.45, 7) is 2.17. The predicted molar refractivity (Wildman–Crippen MR) is 122 cm³/mol. The van der Waals surface area contributed by atoms with Crippen molar-refractivity contribution < 1.29 is 26.7 Å². The van der Waals surface area contributed by atoms with E-state index in [0.717, 1.165) is 12.3 Å². The van der Waals surface area contributed by atoms with Crippen molar-refractivity contribution in [2.24, 2.45) is 5.92 Å². The summed E-state index contributed by atoms with van der Waals surface area (Å²) in [6.07, 6.45) is -1.88. The third-order valence-corrected chi connectivity index (χ3v) is 6.66. The first-order chi connectivity index (χ1) is 16.6. The number of alkyl halides is 4. The number of anilines is 1. The molecule has 0 bridgehead atoms. The number of nitrogens with zero attached hydrogens (tertiary/aromatic N) is 3. The van der Waals surface area contributed by atoms with Crippen LogP contribution in [0.1, 0.15) is 35.3 Å². The van der Waals surface area contributed by atoms with Gasteiger partial charge < -0.3 is 15.9 Å². The number of halogens is 5. The molecule has 2 atom stereocenters. The molecule has 0 aliphatic carbocycles. The Labute approximate surface area is 200 Å². The second-order valence-corrected chi connectivity index (χ2v) is 9.19. The number of pyridine rings is 1. The highest BCUT2D eigenvalue weighted by Gasteiger charge is 2.42. The van der Waals surface area contributed by atoms with Crippen molar-refractivity contribution in [1.82, 2.24) is 14.8 Å². The molecule has 2 aromatic rings. The molecule has 2 aliphatic heterocycles. The number of benzene rings is 1. The lowest BCUT2D eigenvalue weighted by Crippen LogP contribution is -2.49. The van der Waals surface area contributed by atoms with Gasteiger partial charge in [-0.2, -0.15) is 13.2 Å². The van der Waals surface area contributed by atoms with Gasteiger partial charge in [0.25, 0.3) is 0 Å². The van der Waals surface area contributed by atoms with Gasteiger partial charge in [0.15, 0.2) is 0 Å². The van der Waals surface area contributed by atoms with Gasteiger partial charge in [-0.3, -0.25) is 19.2 Å². The molecule has 3 N–H and O–H groups in total. The number of hydrogen-bond donors (Lipinski definition) is 2. The lowest BCUT2D eigenvalue weighted by atomic mass is 9.83. The standard InChI is InChI=1S/C24H28F5N5O/c1-14-6-18-17(2-3-21(31)19(18)9-30)23(34(14)13-24(27,28)29)22-20(26)7-16(10-32-22)35-5-4-33-11-15(8-25)12-33/h2-3,7,9-10,14-15,23,30H,4-6,8,11-13,31H2,1H3/t14-,23+/m1/s1. The van der Waals surface area contributed by atoms with Crippen LogP contribution in [0.3, 0.4) is 0 Å². The summed E-state index contributed by atoms with van der Waals surface area (Å²) in [5.41, 5.74) is 7.68. The predicted octanol–water partition coefficient (Wildman–Crippen LogP) is 3.98. The van der Waals surface area contributed by atoms with E-state index < -0.39 is 30.6 Å². The van der Waals surface area contributed by atoms with Crippen LogP contribution >= 0.6 is 0 Å². The average molecular weight is 498 g/mol. The Balaban J connectivity index is 1.61. The van der Waals surface area contributed by atoms with Crippen LogP contribution in [0.2, 0.25) is 0 Å². The fourth-order valence-electron chi connectivity index (χ4n) is 4.92. The second kappa shape index (κ2) is 10.1. The highest BCUT2D eigenvalue weighted by molar-refractivity contribution is 5.88. The van der Waals surface area contributed by atoms with E-state index in [1.54, 1.807) is 13.0 Å². The molecule has 11 heteroatoms. The largest absolute Gasteiger partial charge is 0.491 e. The minimum absolute atomic E-state index is 0.0531. The van der Waals surface area contributed by atoms with Crippen LogP contribution in [0.15, 0.2) is 24.4 Å². The number of nitrogens with two attached hydrogens (primary N) is 1. The molecule has 3 heterocycles. The van der Waals surface area contributed by atoms with Gasteiger partial charge >= 0.3 is 6.18 Å². The fraction of sp³-hybridized carbons (Fsp3) is 0.500. The number of rotatable bonds is 8. The molecular formula is C24H28F5N5O. The third-order valence-electron chi connectivity index (χ3n) is 6.66. The molecule has 6 nitrogen and oxygen atoms in total. The van der Waals surface area contributed by atoms with E-state index in [4.69, 9.17) is 15.9 Å². The van der Waals surface area contributed by atoms with Crippen LogP contribution in [-0.2, 0) is 6.42 Å². The summed E-state index contributed by atoms with van der Waals surface area (Å²) in [6, 6.07) is 2.52. The zero-order valence-electron chi connectivity index (χ0n) is 19.3. The molecule has 1 saturated heterocycles. The molecule has 190 valence electrons. The monoisotopic (exact) mass is 497 g/mol. The quantitative estimate of drug-likeness (QED) is 0.328. The Kier molecular flexibility index (Phi) is 7.27. The van der Waals surface area contributed by atoms with Crippen LogP contribution in [-0.4, -0.2) is 72.7 Å². The fourth-order valence-corrected chi connectivity index (χ4v) is 4.92. The highest BCUT2D eigenvalue weighted by atomic mass is 19.4. The summed E-state index contributed by atoms with van der Waals surface area (Å²) < 4.78 is 73.9. The SMILES string of the molecule is C[C@@H]1Cc2c(ccc(N)c2C=N)[C@@H](c2ncc(OCCN3CC(CF)C3)cc2F)N1CC(F)(F)F. The van der Waals surface area contributed by atoms with Gasteiger partial charge in [0.05, 0.1) is 31.2 Å². The van der Waals surface area contributed by atoms with E-state index in [2.05, 4.69) is 4.98 Å². The van der Waals surface area contributed by atoms with Crippen molar-refractivity contribution in [2.75, 3.05) is 45.2 Å². The van der Waals surface area contributed by atoms with Gasteiger partial charge in [-0.25, -0.2) is 4.39 Å². The van der Waals surface area contributed by atoms with Crippen LogP contribution in [0.5, 0.6) is 5.75 Å². The number of aromatic nitrogens is 1. The van der Waals surface area contributed by atoms with Crippen molar-refractivity contribution in [3.05, 3.63) is 52.6 Å². The molecule has 0 saturated carbocycles. The van der Waals surface area contributed by atoms with Crippen LogP contribution in [0.25, 0.3) is 0 Å². The molecule has 35 heavy (non-hydrogen) atoms. The molecule has 1 aromatic heterocycles. The van der Waals surface area contributed by atoms with E-state index in [1.807, 2.05) is 4.90 Å². The molecule has 0 radical (unpaired) electrons. The average Bonchev–Trinajstić information content (AvgIpc) is 2.76.